The molecule has 0 aliphatic carbocycles. The smallest absolute Gasteiger partial charge is 0.387 e. The fourth-order valence-electron chi connectivity index (χ4n) is 1.45. The maximum Gasteiger partial charge on any atom is 0.387 e. The van der Waals surface area contributed by atoms with Gasteiger partial charge in [0, 0.05) is 13.1 Å². The molecule has 1 aliphatic rings. The molecular weight excluding hydrogens is 212 g/mol. The zero-order valence-electron chi connectivity index (χ0n) is 7.30. The average molecular weight is 222 g/mol. The van der Waals surface area contributed by atoms with Crippen molar-refractivity contribution in [2.45, 2.75) is 19.7 Å². The van der Waals surface area contributed by atoms with Crippen LogP contribution < -0.4 is 10.1 Å². The van der Waals surface area contributed by atoms with E-state index in [1.165, 1.54) is 0 Å². The first-order chi connectivity index (χ1) is 6.25. The lowest BCUT2D eigenvalue weighted by Gasteiger charge is -2.05. The van der Waals surface area contributed by atoms with E-state index < -0.39 is 6.61 Å². The van der Waals surface area contributed by atoms with Crippen LogP contribution in [0.3, 0.4) is 0 Å². The van der Waals surface area contributed by atoms with Crippen LogP contribution in [0.1, 0.15) is 11.1 Å². The lowest BCUT2D eigenvalue weighted by Crippen LogP contribution is -2.02. The second-order valence-electron chi connectivity index (χ2n) is 2.91. The SMILES string of the molecule is Cl.FC(F)Oc1ccc2c(c1)CNC2. The van der Waals surface area contributed by atoms with Crippen molar-refractivity contribution in [1.29, 1.82) is 0 Å². The van der Waals surface area contributed by atoms with Gasteiger partial charge in [-0.25, -0.2) is 0 Å². The van der Waals surface area contributed by atoms with E-state index in [4.69, 9.17) is 0 Å². The number of ether oxygens (including phenoxy) is 1. The van der Waals surface area contributed by atoms with Crippen molar-refractivity contribution in [3.63, 3.8) is 0 Å². The van der Waals surface area contributed by atoms with Crippen LogP contribution in [0.5, 0.6) is 5.75 Å². The van der Waals surface area contributed by atoms with E-state index in [0.29, 0.717) is 0 Å². The predicted octanol–water partition coefficient (Wildman–Crippen LogP) is 2.31. The van der Waals surface area contributed by atoms with Gasteiger partial charge >= 0.3 is 6.61 Å². The van der Waals surface area contributed by atoms with E-state index in [1.807, 2.05) is 6.07 Å². The van der Waals surface area contributed by atoms with Gasteiger partial charge in [-0.05, 0) is 23.3 Å². The quantitative estimate of drug-likeness (QED) is 0.828. The van der Waals surface area contributed by atoms with E-state index in [9.17, 15) is 8.78 Å². The molecule has 5 heteroatoms. The lowest BCUT2D eigenvalue weighted by atomic mass is 10.1. The first-order valence-corrected chi connectivity index (χ1v) is 4.03. The summed E-state index contributed by atoms with van der Waals surface area (Å²) in [5.41, 5.74) is 2.19. The highest BCUT2D eigenvalue weighted by molar-refractivity contribution is 5.85. The second kappa shape index (κ2) is 4.57. The summed E-state index contributed by atoms with van der Waals surface area (Å²) >= 11 is 0. The molecule has 0 amide bonds. The minimum absolute atomic E-state index is 0. The molecule has 0 bridgehead atoms. The van der Waals surface area contributed by atoms with Gasteiger partial charge in [0.25, 0.3) is 0 Å². The zero-order valence-corrected chi connectivity index (χ0v) is 8.11. The van der Waals surface area contributed by atoms with Gasteiger partial charge in [-0.3, -0.25) is 0 Å². The summed E-state index contributed by atoms with van der Waals surface area (Å²) in [6.07, 6.45) is 0. The van der Waals surface area contributed by atoms with Gasteiger partial charge in [0.15, 0.2) is 0 Å². The van der Waals surface area contributed by atoms with E-state index in [1.54, 1.807) is 12.1 Å². The Kier molecular flexibility index (Phi) is 3.66. The van der Waals surface area contributed by atoms with Crippen molar-refractivity contribution in [2.24, 2.45) is 0 Å². The first-order valence-electron chi connectivity index (χ1n) is 4.03. The molecule has 1 aromatic rings. The van der Waals surface area contributed by atoms with Crippen LogP contribution >= 0.6 is 12.4 Å². The molecule has 2 rings (SSSR count). The molecule has 0 saturated heterocycles. The maximum absolute atomic E-state index is 11.8. The molecule has 78 valence electrons. The highest BCUT2D eigenvalue weighted by Crippen LogP contribution is 2.22. The number of nitrogens with one attached hydrogen (secondary N) is 1. The van der Waals surface area contributed by atoms with Crippen LogP contribution in [-0.4, -0.2) is 6.61 Å². The largest absolute Gasteiger partial charge is 0.435 e. The number of hydrogen-bond donors (Lipinski definition) is 1. The Hall–Kier alpha value is -0.870. The van der Waals surface area contributed by atoms with Crippen molar-refractivity contribution in [2.75, 3.05) is 0 Å². The molecule has 1 aliphatic heterocycles. The summed E-state index contributed by atoms with van der Waals surface area (Å²) in [5, 5.41) is 3.13. The molecule has 0 saturated carbocycles. The second-order valence-corrected chi connectivity index (χ2v) is 2.91. The third-order valence-corrected chi connectivity index (χ3v) is 2.03. The van der Waals surface area contributed by atoms with Gasteiger partial charge in [0.2, 0.25) is 0 Å². The predicted molar refractivity (Wildman–Crippen MR) is 50.9 cm³/mol. The van der Waals surface area contributed by atoms with E-state index >= 15 is 0 Å². The van der Waals surface area contributed by atoms with Gasteiger partial charge in [-0.15, -0.1) is 12.4 Å². The summed E-state index contributed by atoms with van der Waals surface area (Å²) in [6, 6.07) is 5.03. The number of hydrogen-bond acceptors (Lipinski definition) is 2. The number of halogens is 3. The molecule has 0 aromatic heterocycles. The van der Waals surface area contributed by atoms with Gasteiger partial charge in [-0.2, -0.15) is 8.78 Å². The number of alkyl halides is 2. The number of rotatable bonds is 2. The Morgan fingerprint density at radius 3 is 2.64 bits per heavy atom. The van der Waals surface area contributed by atoms with Gasteiger partial charge in [0.1, 0.15) is 5.75 Å². The monoisotopic (exact) mass is 221 g/mol. The Morgan fingerprint density at radius 1 is 1.21 bits per heavy atom. The van der Waals surface area contributed by atoms with Crippen molar-refractivity contribution in [1.82, 2.24) is 5.32 Å². The maximum atomic E-state index is 11.8. The molecule has 0 atom stereocenters. The Bertz CT molecular complexity index is 320. The van der Waals surface area contributed by atoms with Gasteiger partial charge in [0.05, 0.1) is 0 Å². The van der Waals surface area contributed by atoms with Crippen LogP contribution in [0.4, 0.5) is 8.78 Å². The van der Waals surface area contributed by atoms with Crippen LogP contribution in [0.2, 0.25) is 0 Å². The standard InChI is InChI=1S/C9H9F2NO.ClH/c10-9(11)13-8-2-1-6-4-12-5-7(6)3-8;/h1-3,9,12H,4-5H2;1H. The van der Waals surface area contributed by atoms with Crippen molar-refractivity contribution < 1.29 is 13.5 Å². The Labute approximate surface area is 86.7 Å². The lowest BCUT2D eigenvalue weighted by molar-refractivity contribution is -0.0498. The first kappa shape index (κ1) is 11.2. The molecule has 2 nitrogen and oxygen atoms in total. The van der Waals surface area contributed by atoms with E-state index in [2.05, 4.69) is 10.1 Å². The Balaban J connectivity index is 0.000000980. The van der Waals surface area contributed by atoms with E-state index in [0.717, 1.165) is 24.2 Å². The van der Waals surface area contributed by atoms with Crippen LogP contribution in [-0.2, 0) is 13.1 Å². The third kappa shape index (κ3) is 2.33. The van der Waals surface area contributed by atoms with Gasteiger partial charge in [-0.1, -0.05) is 6.07 Å². The number of benzene rings is 1. The summed E-state index contributed by atoms with van der Waals surface area (Å²) < 4.78 is 27.9. The van der Waals surface area contributed by atoms with Crippen LogP contribution in [0.15, 0.2) is 18.2 Å². The molecule has 0 spiro atoms. The highest BCUT2D eigenvalue weighted by Gasteiger charge is 2.12. The minimum atomic E-state index is -2.74. The van der Waals surface area contributed by atoms with Crippen molar-refractivity contribution in [3.05, 3.63) is 29.3 Å². The summed E-state index contributed by atoms with van der Waals surface area (Å²) in [7, 11) is 0. The normalized spacial score (nSPS) is 13.6. The fourth-order valence-corrected chi connectivity index (χ4v) is 1.45. The minimum Gasteiger partial charge on any atom is -0.435 e. The number of fused-ring (bicyclic) bond motifs is 1. The summed E-state index contributed by atoms with van der Waals surface area (Å²) in [5.74, 6) is 0.234. The molecule has 1 aromatic carbocycles. The highest BCUT2D eigenvalue weighted by atomic mass is 35.5. The molecule has 0 unspecified atom stereocenters. The van der Waals surface area contributed by atoms with Crippen LogP contribution in [0.25, 0.3) is 0 Å². The molecule has 1 heterocycles. The van der Waals surface area contributed by atoms with Crippen LogP contribution in [0, 0.1) is 0 Å². The fraction of sp³-hybridized carbons (Fsp3) is 0.333. The summed E-state index contributed by atoms with van der Waals surface area (Å²) in [4.78, 5) is 0. The Morgan fingerprint density at radius 2 is 1.93 bits per heavy atom. The average Bonchev–Trinajstić information content (AvgIpc) is 2.49. The topological polar surface area (TPSA) is 21.3 Å². The molecular formula is C9H10ClF2NO. The molecule has 14 heavy (non-hydrogen) atoms. The van der Waals surface area contributed by atoms with Crippen molar-refractivity contribution >= 4 is 12.4 Å². The summed E-state index contributed by atoms with van der Waals surface area (Å²) in [6.45, 7) is -1.20. The van der Waals surface area contributed by atoms with Crippen molar-refractivity contribution in [3.8, 4) is 5.75 Å². The third-order valence-electron chi connectivity index (χ3n) is 2.03. The van der Waals surface area contributed by atoms with Gasteiger partial charge < -0.3 is 10.1 Å². The molecule has 0 radical (unpaired) electrons. The molecule has 1 N–H and O–H groups in total. The van der Waals surface area contributed by atoms with E-state index in [-0.39, 0.29) is 18.2 Å². The molecule has 0 fully saturated rings. The zero-order chi connectivity index (χ0) is 9.26.